The average Bonchev–Trinajstić information content (AvgIpc) is 3.15. The molecule has 4 N–H and O–H groups in total. The molecular weight excluding hydrogens is 356 g/mol. The van der Waals surface area contributed by atoms with Crippen LogP contribution in [-0.2, 0) is 16.0 Å². The number of aryl methyl sites for hydroxylation is 1. The Kier molecular flexibility index (Phi) is 6.34. The van der Waals surface area contributed by atoms with E-state index in [1.165, 1.54) is 5.56 Å². The van der Waals surface area contributed by atoms with Crippen molar-refractivity contribution >= 4 is 16.9 Å². The summed E-state index contributed by atoms with van der Waals surface area (Å²) in [4.78, 5) is 11.9. The normalized spacial score (nSPS) is 13.3. The first-order valence-corrected chi connectivity index (χ1v) is 9.40. The number of hydrogen-bond donors (Lipinski definition) is 2. The summed E-state index contributed by atoms with van der Waals surface area (Å²) in [5.41, 5.74) is 14.3. The molecule has 148 valence electrons. The minimum atomic E-state index is -0.484. The number of hydrogen-bond acceptors (Lipinski definition) is 6. The van der Waals surface area contributed by atoms with Crippen LogP contribution in [0.4, 0.5) is 0 Å². The van der Waals surface area contributed by atoms with Gasteiger partial charge < -0.3 is 25.4 Å². The van der Waals surface area contributed by atoms with Crippen molar-refractivity contribution in [2.45, 2.75) is 26.3 Å². The van der Waals surface area contributed by atoms with E-state index in [9.17, 15) is 4.79 Å². The van der Waals surface area contributed by atoms with Crippen LogP contribution in [0, 0.1) is 5.92 Å². The maximum absolute atomic E-state index is 11.9. The molecule has 0 aliphatic carbocycles. The Hall–Kier alpha value is -2.83. The Balaban J connectivity index is 1.69. The Morgan fingerprint density at radius 3 is 2.71 bits per heavy atom. The molecule has 0 aliphatic rings. The predicted molar refractivity (Wildman–Crippen MR) is 109 cm³/mol. The number of esters is 1. The van der Waals surface area contributed by atoms with E-state index in [2.05, 4.69) is 19.1 Å². The molecule has 3 aromatic rings. The van der Waals surface area contributed by atoms with Gasteiger partial charge in [-0.1, -0.05) is 38.1 Å². The van der Waals surface area contributed by atoms with Crippen molar-refractivity contribution in [1.29, 1.82) is 0 Å². The number of benzene rings is 2. The van der Waals surface area contributed by atoms with Crippen LogP contribution in [0.2, 0.25) is 0 Å². The van der Waals surface area contributed by atoms with Gasteiger partial charge in [0.05, 0.1) is 5.92 Å². The summed E-state index contributed by atoms with van der Waals surface area (Å²) >= 11 is 0. The zero-order valence-corrected chi connectivity index (χ0v) is 16.2. The molecule has 1 aromatic heterocycles. The van der Waals surface area contributed by atoms with Gasteiger partial charge >= 0.3 is 5.97 Å². The Labute approximate surface area is 164 Å². The maximum atomic E-state index is 11.9. The minimum absolute atomic E-state index is 0.196. The summed E-state index contributed by atoms with van der Waals surface area (Å²) in [5, 5.41) is 0.979. The molecule has 6 heteroatoms. The molecule has 0 saturated carbocycles. The van der Waals surface area contributed by atoms with Crippen LogP contribution in [0.5, 0.6) is 5.75 Å². The summed E-state index contributed by atoms with van der Waals surface area (Å²) in [6.07, 6.45) is 0.930. The van der Waals surface area contributed by atoms with E-state index >= 15 is 0 Å². The number of rotatable bonds is 8. The smallest absolute Gasteiger partial charge is 0.313 e. The third-order valence-electron chi connectivity index (χ3n) is 4.87. The summed E-state index contributed by atoms with van der Waals surface area (Å²) in [6, 6.07) is 15.3. The van der Waals surface area contributed by atoms with Crippen LogP contribution >= 0.6 is 0 Å². The second-order valence-corrected chi connectivity index (χ2v) is 6.73. The van der Waals surface area contributed by atoms with Crippen LogP contribution in [-0.4, -0.2) is 25.3 Å². The number of carbonyl (C=O) groups excluding carboxylic acids is 1. The predicted octanol–water partition coefficient (Wildman–Crippen LogP) is 3.46. The highest BCUT2D eigenvalue weighted by Crippen LogP contribution is 2.32. The molecule has 2 aromatic carbocycles. The monoisotopic (exact) mass is 382 g/mol. The van der Waals surface area contributed by atoms with Gasteiger partial charge in [0.15, 0.2) is 0 Å². The van der Waals surface area contributed by atoms with E-state index in [0.29, 0.717) is 11.3 Å². The lowest BCUT2D eigenvalue weighted by molar-refractivity contribution is -0.155. The standard InChI is InChI=1S/C22H26N2O4/c1-3-15-6-4-5-7-18(15)21-10-16-8-9-17(11-20(16)28-21)26-13-27-22(25)14(2)19(24)12-23/h4-11,14,19H,3,12-13,23-24H2,1-2H3. The summed E-state index contributed by atoms with van der Waals surface area (Å²) in [7, 11) is 0. The van der Waals surface area contributed by atoms with Gasteiger partial charge in [0, 0.05) is 29.6 Å². The van der Waals surface area contributed by atoms with Crippen LogP contribution in [0.3, 0.4) is 0 Å². The van der Waals surface area contributed by atoms with Gasteiger partial charge in [-0.2, -0.15) is 0 Å². The molecule has 6 nitrogen and oxygen atoms in total. The SMILES string of the molecule is CCc1ccccc1-c1cc2ccc(OCOC(=O)C(C)C(N)CN)cc2o1. The topological polar surface area (TPSA) is 101 Å². The first-order valence-electron chi connectivity index (χ1n) is 9.40. The van der Waals surface area contributed by atoms with Gasteiger partial charge in [0.1, 0.15) is 17.1 Å². The molecular formula is C22H26N2O4. The van der Waals surface area contributed by atoms with Crippen molar-refractivity contribution in [2.24, 2.45) is 17.4 Å². The number of nitrogens with two attached hydrogens (primary N) is 2. The summed E-state index contributed by atoms with van der Waals surface area (Å²) in [5.74, 6) is 0.458. The minimum Gasteiger partial charge on any atom is -0.457 e. The first-order chi connectivity index (χ1) is 13.5. The van der Waals surface area contributed by atoms with E-state index in [0.717, 1.165) is 23.1 Å². The van der Waals surface area contributed by atoms with Crippen LogP contribution in [0.1, 0.15) is 19.4 Å². The molecule has 0 bridgehead atoms. The highest BCUT2D eigenvalue weighted by molar-refractivity contribution is 5.84. The van der Waals surface area contributed by atoms with Crippen LogP contribution < -0.4 is 16.2 Å². The molecule has 3 rings (SSSR count). The fraction of sp³-hybridized carbons (Fsp3) is 0.318. The first kappa shape index (κ1) is 19.9. The third kappa shape index (κ3) is 4.35. The van der Waals surface area contributed by atoms with Crippen molar-refractivity contribution in [2.75, 3.05) is 13.3 Å². The van der Waals surface area contributed by atoms with E-state index in [-0.39, 0.29) is 13.3 Å². The molecule has 0 saturated heterocycles. The van der Waals surface area contributed by atoms with Gasteiger partial charge in [-0.25, -0.2) is 0 Å². The lowest BCUT2D eigenvalue weighted by Gasteiger charge is -2.16. The highest BCUT2D eigenvalue weighted by Gasteiger charge is 2.21. The molecule has 2 unspecified atom stereocenters. The van der Waals surface area contributed by atoms with Crippen LogP contribution in [0.15, 0.2) is 52.9 Å². The molecule has 0 aliphatic heterocycles. The molecule has 0 amide bonds. The van der Waals surface area contributed by atoms with E-state index < -0.39 is 17.9 Å². The molecule has 2 atom stereocenters. The zero-order valence-electron chi connectivity index (χ0n) is 16.2. The molecule has 28 heavy (non-hydrogen) atoms. The number of furan rings is 1. The van der Waals surface area contributed by atoms with E-state index in [4.69, 9.17) is 25.4 Å². The van der Waals surface area contributed by atoms with Crippen molar-refractivity contribution < 1.29 is 18.7 Å². The summed E-state index contributed by atoms with van der Waals surface area (Å²) < 4.78 is 16.7. The second-order valence-electron chi connectivity index (χ2n) is 6.73. The maximum Gasteiger partial charge on any atom is 0.313 e. The summed E-state index contributed by atoms with van der Waals surface area (Å²) in [6.45, 7) is 3.83. The fourth-order valence-corrected chi connectivity index (χ4v) is 2.97. The van der Waals surface area contributed by atoms with Crippen molar-refractivity contribution in [3.8, 4) is 17.1 Å². The van der Waals surface area contributed by atoms with Gasteiger partial charge in [-0.05, 0) is 30.2 Å². The lowest BCUT2D eigenvalue weighted by atomic mass is 10.0. The van der Waals surface area contributed by atoms with Crippen LogP contribution in [0.25, 0.3) is 22.3 Å². The molecule has 0 spiro atoms. The molecule has 0 fully saturated rings. The Morgan fingerprint density at radius 2 is 1.96 bits per heavy atom. The lowest BCUT2D eigenvalue weighted by Crippen LogP contribution is -2.40. The Bertz CT molecular complexity index is 951. The third-order valence-corrected chi connectivity index (χ3v) is 4.87. The Morgan fingerprint density at radius 1 is 1.18 bits per heavy atom. The quantitative estimate of drug-likeness (QED) is 0.457. The largest absolute Gasteiger partial charge is 0.457 e. The number of fused-ring (bicyclic) bond motifs is 1. The highest BCUT2D eigenvalue weighted by atomic mass is 16.7. The fourth-order valence-electron chi connectivity index (χ4n) is 2.97. The molecule has 1 heterocycles. The van der Waals surface area contributed by atoms with Gasteiger partial charge in [0.2, 0.25) is 6.79 Å². The molecule has 0 radical (unpaired) electrons. The van der Waals surface area contributed by atoms with Gasteiger partial charge in [-0.15, -0.1) is 0 Å². The van der Waals surface area contributed by atoms with Crippen molar-refractivity contribution in [3.05, 3.63) is 54.1 Å². The zero-order chi connectivity index (χ0) is 20.1. The average molecular weight is 382 g/mol. The van der Waals surface area contributed by atoms with Crippen molar-refractivity contribution in [3.63, 3.8) is 0 Å². The second kappa shape index (κ2) is 8.91. The number of carbonyl (C=O) groups is 1. The van der Waals surface area contributed by atoms with E-state index in [1.807, 2.05) is 30.3 Å². The number of ether oxygens (including phenoxy) is 2. The van der Waals surface area contributed by atoms with Gasteiger partial charge in [0.25, 0.3) is 0 Å². The van der Waals surface area contributed by atoms with E-state index in [1.54, 1.807) is 13.0 Å². The van der Waals surface area contributed by atoms with Gasteiger partial charge in [-0.3, -0.25) is 4.79 Å². The van der Waals surface area contributed by atoms with Crippen molar-refractivity contribution in [1.82, 2.24) is 0 Å².